The molecule has 0 spiro atoms. The normalized spacial score (nSPS) is 16.0. The van der Waals surface area contributed by atoms with Gasteiger partial charge in [-0.05, 0) is 49.8 Å². The van der Waals surface area contributed by atoms with Crippen molar-refractivity contribution in [2.75, 3.05) is 27.2 Å². The molecule has 2 amide bonds. The summed E-state index contributed by atoms with van der Waals surface area (Å²) in [5, 5.41) is 0. The van der Waals surface area contributed by atoms with Crippen LogP contribution in [0.5, 0.6) is 5.75 Å². The van der Waals surface area contributed by atoms with E-state index in [1.165, 1.54) is 10.5 Å². The van der Waals surface area contributed by atoms with Crippen molar-refractivity contribution in [2.24, 2.45) is 0 Å². The highest BCUT2D eigenvalue weighted by atomic mass is 16.5. The lowest BCUT2D eigenvalue weighted by atomic mass is 10.0. The lowest BCUT2D eigenvalue weighted by molar-refractivity contribution is -0.134. The van der Waals surface area contributed by atoms with Crippen molar-refractivity contribution in [3.63, 3.8) is 0 Å². The van der Waals surface area contributed by atoms with Gasteiger partial charge in [0.2, 0.25) is 0 Å². The zero-order valence-corrected chi connectivity index (χ0v) is 19.3. The standard InChI is InChI=1S/C24H32N4O3/c1-15(2)18-10-9-16(3)21(12-18)31-14-22(29)28-11-7-8-20(28)23-25-13-19(17(4)26-23)24(30)27(5)6/h9-10,12-13,15,20H,7-8,11,14H2,1-6H3/t20-/m0/s1. The Kier molecular flexibility index (Phi) is 6.93. The van der Waals surface area contributed by atoms with Gasteiger partial charge >= 0.3 is 0 Å². The van der Waals surface area contributed by atoms with E-state index < -0.39 is 0 Å². The molecule has 0 radical (unpaired) electrons. The fourth-order valence-corrected chi connectivity index (χ4v) is 3.78. The van der Waals surface area contributed by atoms with Gasteiger partial charge in [0.25, 0.3) is 11.8 Å². The zero-order valence-electron chi connectivity index (χ0n) is 19.3. The molecule has 1 aliphatic rings. The lowest BCUT2D eigenvalue weighted by Crippen LogP contribution is -2.35. The summed E-state index contributed by atoms with van der Waals surface area (Å²) in [7, 11) is 3.40. The quantitative estimate of drug-likeness (QED) is 0.707. The molecule has 7 nitrogen and oxygen atoms in total. The SMILES string of the molecule is Cc1ccc(C(C)C)cc1OCC(=O)N1CCC[C@H]1c1ncc(C(=O)N(C)C)c(C)n1. The first kappa shape index (κ1) is 22.7. The molecule has 1 fully saturated rings. The molecule has 1 atom stereocenters. The van der Waals surface area contributed by atoms with E-state index in [4.69, 9.17) is 4.74 Å². The summed E-state index contributed by atoms with van der Waals surface area (Å²) in [6.07, 6.45) is 3.26. The molecule has 166 valence electrons. The van der Waals surface area contributed by atoms with Gasteiger partial charge in [0.1, 0.15) is 5.75 Å². The number of amides is 2. The van der Waals surface area contributed by atoms with Crippen LogP contribution in [0.15, 0.2) is 24.4 Å². The number of hydrogen-bond donors (Lipinski definition) is 0. The van der Waals surface area contributed by atoms with Gasteiger partial charge in [0.05, 0.1) is 17.3 Å². The highest BCUT2D eigenvalue weighted by molar-refractivity contribution is 5.94. The Balaban J connectivity index is 1.72. The summed E-state index contributed by atoms with van der Waals surface area (Å²) in [4.78, 5) is 37.5. The summed E-state index contributed by atoms with van der Waals surface area (Å²) < 4.78 is 5.90. The van der Waals surface area contributed by atoms with Crippen molar-refractivity contribution >= 4 is 11.8 Å². The first-order valence-corrected chi connectivity index (χ1v) is 10.8. The molecule has 0 aliphatic carbocycles. The van der Waals surface area contributed by atoms with Gasteiger partial charge in [0.15, 0.2) is 12.4 Å². The van der Waals surface area contributed by atoms with E-state index in [1.54, 1.807) is 32.1 Å². The average molecular weight is 425 g/mol. The van der Waals surface area contributed by atoms with Gasteiger partial charge in [-0.25, -0.2) is 9.97 Å². The van der Waals surface area contributed by atoms with E-state index in [2.05, 4.69) is 29.9 Å². The maximum Gasteiger partial charge on any atom is 0.261 e. The molecule has 1 aliphatic heterocycles. The number of likely N-dealkylation sites (tertiary alicyclic amines) is 1. The molecular formula is C24H32N4O3. The molecule has 2 aromatic rings. The first-order valence-electron chi connectivity index (χ1n) is 10.8. The summed E-state index contributed by atoms with van der Waals surface area (Å²) in [5.41, 5.74) is 3.30. The molecule has 1 saturated heterocycles. The Morgan fingerprint density at radius 2 is 2.00 bits per heavy atom. The van der Waals surface area contributed by atoms with E-state index in [0.29, 0.717) is 29.5 Å². The second-order valence-electron chi connectivity index (χ2n) is 8.64. The molecule has 0 N–H and O–H groups in total. The molecule has 0 bridgehead atoms. The fourth-order valence-electron chi connectivity index (χ4n) is 3.78. The van der Waals surface area contributed by atoms with Gasteiger partial charge in [-0.1, -0.05) is 26.0 Å². The lowest BCUT2D eigenvalue weighted by Gasteiger charge is -2.24. The summed E-state index contributed by atoms with van der Waals surface area (Å²) in [5.74, 6) is 1.51. The van der Waals surface area contributed by atoms with Gasteiger partial charge in [-0.3, -0.25) is 9.59 Å². The van der Waals surface area contributed by atoms with E-state index >= 15 is 0 Å². The van der Waals surface area contributed by atoms with Crippen LogP contribution in [0.1, 0.15) is 71.7 Å². The van der Waals surface area contributed by atoms with Crippen molar-refractivity contribution < 1.29 is 14.3 Å². The number of ether oxygens (including phenoxy) is 1. The van der Waals surface area contributed by atoms with Gasteiger partial charge in [-0.2, -0.15) is 0 Å². The van der Waals surface area contributed by atoms with Crippen LogP contribution in [-0.2, 0) is 4.79 Å². The van der Waals surface area contributed by atoms with Crippen molar-refractivity contribution in [1.29, 1.82) is 0 Å². The Labute approximate surface area is 184 Å². The van der Waals surface area contributed by atoms with Gasteiger partial charge < -0.3 is 14.5 Å². The monoisotopic (exact) mass is 424 g/mol. The predicted octanol–water partition coefficient (Wildman–Crippen LogP) is 3.66. The second-order valence-corrected chi connectivity index (χ2v) is 8.64. The largest absolute Gasteiger partial charge is 0.483 e. The molecule has 1 aromatic carbocycles. The van der Waals surface area contributed by atoms with Crippen LogP contribution in [0.3, 0.4) is 0 Å². The van der Waals surface area contributed by atoms with Crippen LogP contribution < -0.4 is 4.74 Å². The Bertz CT molecular complexity index is 971. The van der Waals surface area contributed by atoms with E-state index in [-0.39, 0.29) is 24.5 Å². The fraction of sp³-hybridized carbons (Fsp3) is 0.500. The molecule has 0 unspecified atom stereocenters. The highest BCUT2D eigenvalue weighted by Gasteiger charge is 2.32. The van der Waals surface area contributed by atoms with E-state index in [1.807, 2.05) is 19.1 Å². The topological polar surface area (TPSA) is 75.6 Å². The summed E-state index contributed by atoms with van der Waals surface area (Å²) in [6, 6.07) is 5.94. The van der Waals surface area contributed by atoms with Crippen molar-refractivity contribution in [1.82, 2.24) is 19.8 Å². The van der Waals surface area contributed by atoms with Crippen LogP contribution >= 0.6 is 0 Å². The smallest absolute Gasteiger partial charge is 0.261 e. The first-order chi connectivity index (χ1) is 14.7. The van der Waals surface area contributed by atoms with Crippen LogP contribution in [0.4, 0.5) is 0 Å². The molecule has 3 rings (SSSR count). The zero-order chi connectivity index (χ0) is 22.7. The minimum absolute atomic E-state index is 0.0188. The Morgan fingerprint density at radius 3 is 2.65 bits per heavy atom. The van der Waals surface area contributed by atoms with Crippen LogP contribution in [0, 0.1) is 13.8 Å². The second kappa shape index (κ2) is 9.45. The molecule has 2 heterocycles. The number of hydrogen-bond acceptors (Lipinski definition) is 5. The third-order valence-corrected chi connectivity index (χ3v) is 5.74. The Hall–Kier alpha value is -2.96. The van der Waals surface area contributed by atoms with Crippen LogP contribution in [0.2, 0.25) is 0 Å². The Morgan fingerprint density at radius 1 is 1.26 bits per heavy atom. The number of carbonyl (C=O) groups excluding carboxylic acids is 2. The maximum atomic E-state index is 13.0. The molecule has 31 heavy (non-hydrogen) atoms. The van der Waals surface area contributed by atoms with Crippen LogP contribution in [-0.4, -0.2) is 58.8 Å². The predicted molar refractivity (Wildman–Crippen MR) is 119 cm³/mol. The summed E-state index contributed by atoms with van der Waals surface area (Å²) in [6.45, 7) is 8.68. The number of aromatic nitrogens is 2. The maximum absolute atomic E-state index is 13.0. The minimum atomic E-state index is -0.193. The third-order valence-electron chi connectivity index (χ3n) is 5.74. The highest BCUT2D eigenvalue weighted by Crippen LogP contribution is 2.31. The molecular weight excluding hydrogens is 392 g/mol. The third kappa shape index (κ3) is 5.03. The number of nitrogens with zero attached hydrogens (tertiary/aromatic N) is 4. The van der Waals surface area contributed by atoms with Crippen molar-refractivity contribution in [3.8, 4) is 5.75 Å². The number of aryl methyl sites for hydroxylation is 2. The number of carbonyl (C=O) groups is 2. The van der Waals surface area contributed by atoms with E-state index in [0.717, 1.165) is 24.2 Å². The van der Waals surface area contributed by atoms with Crippen molar-refractivity contribution in [2.45, 2.75) is 52.5 Å². The summed E-state index contributed by atoms with van der Waals surface area (Å²) >= 11 is 0. The number of benzene rings is 1. The molecule has 7 heteroatoms. The molecule has 1 aromatic heterocycles. The average Bonchev–Trinajstić information content (AvgIpc) is 3.22. The molecule has 0 saturated carbocycles. The van der Waals surface area contributed by atoms with Crippen LogP contribution in [0.25, 0.3) is 0 Å². The van der Waals surface area contributed by atoms with Crippen molar-refractivity contribution in [3.05, 3.63) is 52.6 Å². The minimum Gasteiger partial charge on any atom is -0.483 e. The van der Waals surface area contributed by atoms with Gasteiger partial charge in [-0.15, -0.1) is 0 Å². The van der Waals surface area contributed by atoms with Gasteiger partial charge in [0, 0.05) is 26.8 Å². The van der Waals surface area contributed by atoms with E-state index in [9.17, 15) is 9.59 Å². The number of rotatable bonds is 6.